The van der Waals surface area contributed by atoms with Crippen molar-refractivity contribution < 1.29 is 0 Å². The average Bonchev–Trinajstić information content (AvgIpc) is 2.27. The van der Waals surface area contributed by atoms with E-state index >= 15 is 0 Å². The Labute approximate surface area is 70.4 Å². The van der Waals surface area contributed by atoms with E-state index in [-0.39, 0.29) is 0 Å². The van der Waals surface area contributed by atoms with Crippen molar-refractivity contribution in [3.63, 3.8) is 0 Å². The van der Waals surface area contributed by atoms with Crippen molar-refractivity contribution >= 4 is 0 Å². The zero-order valence-corrected chi connectivity index (χ0v) is 7.68. The van der Waals surface area contributed by atoms with E-state index in [0.29, 0.717) is 0 Å². The van der Waals surface area contributed by atoms with E-state index in [9.17, 15) is 0 Å². The van der Waals surface area contributed by atoms with Crippen molar-refractivity contribution in [1.82, 2.24) is 0 Å². The van der Waals surface area contributed by atoms with E-state index in [1.165, 1.54) is 25.7 Å². The number of rotatable bonds is 0. The minimum Gasteiger partial charge on any atom is -0.0622 e. The molecule has 0 aliphatic heterocycles. The second-order valence-electron chi connectivity index (χ2n) is 4.71. The molecule has 3 atom stereocenters. The largest absolute Gasteiger partial charge is 0.0622 e. The highest BCUT2D eigenvalue weighted by Gasteiger charge is 2.31. The molecule has 64 valence electrons. The molecule has 2 fully saturated rings. The van der Waals surface area contributed by atoms with Gasteiger partial charge in [-0.3, -0.25) is 0 Å². The molecule has 2 saturated carbocycles. The first-order chi connectivity index (χ1) is 5.36. The quantitative estimate of drug-likeness (QED) is 0.497. The van der Waals surface area contributed by atoms with Crippen LogP contribution >= 0.6 is 0 Å². The maximum atomic E-state index is 2.47. The van der Waals surface area contributed by atoms with Gasteiger partial charge in [-0.1, -0.05) is 39.0 Å². The van der Waals surface area contributed by atoms with Crippen LogP contribution in [-0.2, 0) is 0 Å². The Morgan fingerprint density at radius 1 is 0.909 bits per heavy atom. The monoisotopic (exact) mass is 152 g/mol. The molecule has 11 heavy (non-hydrogen) atoms. The van der Waals surface area contributed by atoms with Gasteiger partial charge in [0, 0.05) is 0 Å². The van der Waals surface area contributed by atoms with Gasteiger partial charge in [0.15, 0.2) is 0 Å². The van der Waals surface area contributed by atoms with E-state index in [0.717, 1.165) is 17.8 Å². The summed E-state index contributed by atoms with van der Waals surface area (Å²) in [6.45, 7) is 2.47. The summed E-state index contributed by atoms with van der Waals surface area (Å²) < 4.78 is 0. The third-order valence-electron chi connectivity index (χ3n) is 3.83. The normalized spacial score (nSPS) is 45.0. The highest BCUT2D eigenvalue weighted by Crippen LogP contribution is 2.42. The van der Waals surface area contributed by atoms with Gasteiger partial charge < -0.3 is 0 Å². The lowest BCUT2D eigenvalue weighted by molar-refractivity contribution is 0.356. The van der Waals surface area contributed by atoms with Crippen LogP contribution in [0, 0.1) is 17.8 Å². The van der Waals surface area contributed by atoms with Crippen LogP contribution in [0.15, 0.2) is 0 Å². The molecule has 0 amide bonds. The van der Waals surface area contributed by atoms with Crippen molar-refractivity contribution in [1.29, 1.82) is 0 Å². The lowest BCUT2D eigenvalue weighted by Gasteiger charge is -2.16. The van der Waals surface area contributed by atoms with Crippen molar-refractivity contribution in [2.45, 2.75) is 51.9 Å². The molecule has 0 nitrogen and oxygen atoms in total. The lowest BCUT2D eigenvalue weighted by atomic mass is 9.90. The van der Waals surface area contributed by atoms with Gasteiger partial charge in [-0.15, -0.1) is 0 Å². The number of hydrogen-bond acceptors (Lipinski definition) is 0. The Kier molecular flexibility index (Phi) is 2.20. The second kappa shape index (κ2) is 3.16. The molecule has 0 heteroatoms. The highest BCUT2D eigenvalue weighted by molar-refractivity contribution is 4.82. The van der Waals surface area contributed by atoms with Gasteiger partial charge in [0.1, 0.15) is 0 Å². The summed E-state index contributed by atoms with van der Waals surface area (Å²) in [5, 5.41) is 0. The Balaban J connectivity index is 1.97. The van der Waals surface area contributed by atoms with Crippen molar-refractivity contribution in [2.75, 3.05) is 0 Å². The van der Waals surface area contributed by atoms with Crippen LogP contribution in [0.3, 0.4) is 0 Å². The third kappa shape index (κ3) is 1.60. The molecule has 0 heterocycles. The predicted molar refractivity (Wildman–Crippen MR) is 48.5 cm³/mol. The SMILES string of the molecule is CC1CC2CCCCCC1C2. The van der Waals surface area contributed by atoms with Crippen LogP contribution in [0.5, 0.6) is 0 Å². The predicted octanol–water partition coefficient (Wildman–Crippen LogP) is 3.61. The van der Waals surface area contributed by atoms with Gasteiger partial charge in [0.25, 0.3) is 0 Å². The Morgan fingerprint density at radius 2 is 1.73 bits per heavy atom. The molecule has 3 unspecified atom stereocenters. The first-order valence-electron chi connectivity index (χ1n) is 5.36. The Hall–Kier alpha value is 0. The van der Waals surface area contributed by atoms with Gasteiger partial charge in [0.05, 0.1) is 0 Å². The molecule has 0 spiro atoms. The van der Waals surface area contributed by atoms with E-state index in [1.807, 2.05) is 0 Å². The lowest BCUT2D eigenvalue weighted by Crippen LogP contribution is -2.04. The summed E-state index contributed by atoms with van der Waals surface area (Å²) in [6.07, 6.45) is 10.7. The molecule has 2 aliphatic carbocycles. The second-order valence-corrected chi connectivity index (χ2v) is 4.71. The van der Waals surface area contributed by atoms with Gasteiger partial charge in [-0.05, 0) is 30.6 Å². The average molecular weight is 152 g/mol. The molecule has 2 bridgehead atoms. The molecule has 2 rings (SSSR count). The fourth-order valence-corrected chi connectivity index (χ4v) is 3.13. The molecular weight excluding hydrogens is 132 g/mol. The first kappa shape index (κ1) is 7.64. The zero-order chi connectivity index (χ0) is 7.68. The van der Waals surface area contributed by atoms with Crippen LogP contribution in [0.25, 0.3) is 0 Å². The summed E-state index contributed by atoms with van der Waals surface area (Å²) in [5.74, 6) is 3.29. The van der Waals surface area contributed by atoms with E-state index in [1.54, 1.807) is 19.3 Å². The molecule has 0 aromatic heterocycles. The van der Waals surface area contributed by atoms with Gasteiger partial charge in [0.2, 0.25) is 0 Å². The van der Waals surface area contributed by atoms with Crippen LogP contribution in [-0.4, -0.2) is 0 Å². The summed E-state index contributed by atoms with van der Waals surface area (Å²) in [5.41, 5.74) is 0. The minimum atomic E-state index is 1.05. The van der Waals surface area contributed by atoms with Crippen molar-refractivity contribution in [2.24, 2.45) is 17.8 Å². The van der Waals surface area contributed by atoms with E-state index < -0.39 is 0 Å². The zero-order valence-electron chi connectivity index (χ0n) is 7.68. The van der Waals surface area contributed by atoms with Crippen molar-refractivity contribution in [3.8, 4) is 0 Å². The third-order valence-corrected chi connectivity index (χ3v) is 3.83. The minimum absolute atomic E-state index is 1.05. The standard InChI is InChI=1S/C11H20/c1-9-7-10-5-3-2-4-6-11(9)8-10/h9-11H,2-8H2,1H3. The fourth-order valence-electron chi connectivity index (χ4n) is 3.13. The topological polar surface area (TPSA) is 0 Å². The molecule has 0 aromatic rings. The molecule has 0 saturated heterocycles. The molecule has 0 N–H and O–H groups in total. The summed E-state index contributed by atoms with van der Waals surface area (Å²) >= 11 is 0. The highest BCUT2D eigenvalue weighted by atomic mass is 14.4. The van der Waals surface area contributed by atoms with Crippen LogP contribution in [0.2, 0.25) is 0 Å². The summed E-state index contributed by atoms with van der Waals surface area (Å²) in [7, 11) is 0. The van der Waals surface area contributed by atoms with Gasteiger partial charge in [-0.25, -0.2) is 0 Å². The molecule has 0 aromatic carbocycles. The molecule has 0 radical (unpaired) electrons. The fraction of sp³-hybridized carbons (Fsp3) is 1.00. The van der Waals surface area contributed by atoms with Crippen molar-refractivity contribution in [3.05, 3.63) is 0 Å². The Bertz CT molecular complexity index is 128. The Morgan fingerprint density at radius 3 is 2.64 bits per heavy atom. The summed E-state index contributed by atoms with van der Waals surface area (Å²) in [6, 6.07) is 0. The van der Waals surface area contributed by atoms with Crippen LogP contribution in [0.1, 0.15) is 51.9 Å². The summed E-state index contributed by atoms with van der Waals surface area (Å²) in [4.78, 5) is 0. The number of fused-ring (bicyclic) bond motifs is 2. The van der Waals surface area contributed by atoms with Gasteiger partial charge >= 0.3 is 0 Å². The smallest absolute Gasteiger partial charge is 0.0386 e. The maximum Gasteiger partial charge on any atom is -0.0386 e. The van der Waals surface area contributed by atoms with E-state index in [4.69, 9.17) is 0 Å². The number of hydrogen-bond donors (Lipinski definition) is 0. The first-order valence-corrected chi connectivity index (χ1v) is 5.36. The van der Waals surface area contributed by atoms with E-state index in [2.05, 4.69) is 6.92 Å². The van der Waals surface area contributed by atoms with Gasteiger partial charge in [-0.2, -0.15) is 0 Å². The maximum absolute atomic E-state index is 2.47. The molecule has 2 aliphatic rings. The molecular formula is C11H20. The van der Waals surface area contributed by atoms with Crippen LogP contribution in [0.4, 0.5) is 0 Å². The van der Waals surface area contributed by atoms with Crippen LogP contribution < -0.4 is 0 Å².